The molecule has 0 bridgehead atoms. The predicted molar refractivity (Wildman–Crippen MR) is 258 cm³/mol. The molecule has 0 aliphatic rings. The second kappa shape index (κ2) is 13.6. The molecule has 0 saturated heterocycles. The molecular weight excluding hydrogens is 757 g/mol. The molecule has 4 nitrogen and oxygen atoms in total. The molecule has 0 unspecified atom stereocenters. The molecule has 0 saturated carbocycles. The summed E-state index contributed by atoms with van der Waals surface area (Å²) in [5, 5.41) is 9.25. The van der Waals surface area contributed by atoms with E-state index in [1.165, 1.54) is 16.2 Å². The maximum Gasteiger partial charge on any atom is 0.136 e. The lowest BCUT2D eigenvalue weighted by Crippen LogP contribution is -2.14. The third-order valence-corrected chi connectivity index (χ3v) is 12.6. The summed E-state index contributed by atoms with van der Waals surface area (Å²) < 4.78 is 15.4. The van der Waals surface area contributed by atoms with E-state index in [1.807, 2.05) is 12.1 Å². The zero-order chi connectivity index (χ0) is 40.7. The van der Waals surface area contributed by atoms with E-state index in [4.69, 9.17) is 8.83 Å². The van der Waals surface area contributed by atoms with Crippen LogP contribution < -0.4 is 4.90 Å². The maximum atomic E-state index is 6.63. The van der Waals surface area contributed by atoms with Crippen LogP contribution in [0.25, 0.3) is 104 Å². The van der Waals surface area contributed by atoms with Gasteiger partial charge in [0.2, 0.25) is 0 Å². The van der Waals surface area contributed by atoms with Crippen molar-refractivity contribution in [1.29, 1.82) is 0 Å². The Labute approximate surface area is 356 Å². The van der Waals surface area contributed by atoms with E-state index in [0.29, 0.717) is 0 Å². The van der Waals surface area contributed by atoms with Crippen LogP contribution in [0.15, 0.2) is 227 Å². The first-order valence-electron chi connectivity index (χ1n) is 21.1. The molecule has 0 aliphatic carbocycles. The molecule has 13 aromatic rings. The lowest BCUT2D eigenvalue weighted by atomic mass is 9.95. The lowest BCUT2D eigenvalue weighted by Gasteiger charge is -2.30. The Hall–Kier alpha value is -8.34. The molecule has 0 N–H and O–H groups in total. The van der Waals surface area contributed by atoms with E-state index >= 15 is 0 Å². The molecule has 3 heterocycles. The van der Waals surface area contributed by atoms with Gasteiger partial charge in [-0.15, -0.1) is 0 Å². The fourth-order valence-corrected chi connectivity index (χ4v) is 9.87. The summed E-state index contributed by atoms with van der Waals surface area (Å²) in [6.45, 7) is 0. The Kier molecular flexibility index (Phi) is 7.57. The van der Waals surface area contributed by atoms with Gasteiger partial charge < -0.3 is 18.3 Å². The van der Waals surface area contributed by atoms with E-state index < -0.39 is 0 Å². The van der Waals surface area contributed by atoms with Gasteiger partial charge in [-0.2, -0.15) is 0 Å². The summed E-state index contributed by atoms with van der Waals surface area (Å²) in [5.74, 6) is 0. The Bertz CT molecular complexity index is 3830. The highest BCUT2D eigenvalue weighted by atomic mass is 16.3. The van der Waals surface area contributed by atoms with Crippen molar-refractivity contribution in [1.82, 2.24) is 4.57 Å². The minimum atomic E-state index is 0.866. The van der Waals surface area contributed by atoms with E-state index in [1.54, 1.807) is 0 Å². The van der Waals surface area contributed by atoms with Crippen LogP contribution >= 0.6 is 0 Å². The Morgan fingerprint density at radius 1 is 0.339 bits per heavy atom. The number of hydrogen-bond donors (Lipinski definition) is 0. The average Bonchev–Trinajstić information content (AvgIpc) is 4.01. The number of furan rings is 2. The minimum absolute atomic E-state index is 0.866. The molecule has 0 fully saturated rings. The van der Waals surface area contributed by atoms with Crippen LogP contribution in [-0.2, 0) is 0 Å². The predicted octanol–water partition coefficient (Wildman–Crippen LogP) is 16.5. The third-order valence-electron chi connectivity index (χ3n) is 12.6. The molecule has 10 aromatic carbocycles. The summed E-state index contributed by atoms with van der Waals surface area (Å²) in [5.41, 5.74) is 14.5. The SMILES string of the molecule is c1ccc(N(c2ccc(-c3cccc4oc5ccccc5c34)cc2)c2ccccc2-n2c3ccccc3c3ccccc32)c(-c2cccc3oc4cc5ccccc5cc4c23)c1. The van der Waals surface area contributed by atoms with E-state index in [0.717, 1.165) is 105 Å². The van der Waals surface area contributed by atoms with Crippen LogP contribution in [0, 0.1) is 0 Å². The van der Waals surface area contributed by atoms with Gasteiger partial charge in [0.05, 0.1) is 28.1 Å². The summed E-state index contributed by atoms with van der Waals surface area (Å²) in [7, 11) is 0. The Morgan fingerprint density at radius 2 is 0.871 bits per heavy atom. The van der Waals surface area contributed by atoms with Crippen molar-refractivity contribution in [3.8, 4) is 27.9 Å². The highest BCUT2D eigenvalue weighted by Crippen LogP contribution is 2.48. The van der Waals surface area contributed by atoms with Crippen LogP contribution in [0.2, 0.25) is 0 Å². The fraction of sp³-hybridized carbons (Fsp3) is 0. The van der Waals surface area contributed by atoms with E-state index in [2.05, 4.69) is 216 Å². The molecule has 0 radical (unpaired) electrons. The number of aromatic nitrogens is 1. The van der Waals surface area contributed by atoms with Gasteiger partial charge in [-0.3, -0.25) is 0 Å². The lowest BCUT2D eigenvalue weighted by molar-refractivity contribution is 0.669. The van der Waals surface area contributed by atoms with Crippen LogP contribution in [-0.4, -0.2) is 4.57 Å². The topological polar surface area (TPSA) is 34.5 Å². The van der Waals surface area contributed by atoms with Gasteiger partial charge in [0, 0.05) is 43.6 Å². The molecule has 3 aromatic heterocycles. The standard InChI is InChI=1S/C58H36N2O2/c1-2-16-39-36-56-47(35-38(39)15-1)58-45(22-14-30-55(58)62-56)44-19-5-7-23-48(44)59(40-33-31-37(32-34-40)41-21-13-29-54-57(41)46-20-6-12-28-53(46)61-54)51-26-10-11-27-52(51)60-49-24-8-3-17-42(49)43-18-4-9-25-50(43)60/h1-36H. The number of anilines is 3. The fourth-order valence-electron chi connectivity index (χ4n) is 9.87. The van der Waals surface area contributed by atoms with Crippen molar-refractivity contribution < 1.29 is 8.83 Å². The first kappa shape index (κ1) is 34.5. The zero-order valence-corrected chi connectivity index (χ0v) is 33.5. The average molecular weight is 793 g/mol. The highest BCUT2D eigenvalue weighted by Gasteiger charge is 2.24. The molecule has 62 heavy (non-hydrogen) atoms. The minimum Gasteiger partial charge on any atom is -0.456 e. The first-order chi connectivity index (χ1) is 30.8. The van der Waals surface area contributed by atoms with Crippen LogP contribution in [0.1, 0.15) is 0 Å². The first-order valence-corrected chi connectivity index (χ1v) is 21.1. The summed E-state index contributed by atoms with van der Waals surface area (Å²) in [4.78, 5) is 2.43. The maximum absolute atomic E-state index is 6.63. The molecule has 13 rings (SSSR count). The zero-order valence-electron chi connectivity index (χ0n) is 33.5. The number of para-hydroxylation sites is 6. The number of fused-ring (bicyclic) bond motifs is 10. The molecule has 290 valence electrons. The van der Waals surface area contributed by atoms with Gasteiger partial charge in [0.25, 0.3) is 0 Å². The number of hydrogen-bond acceptors (Lipinski definition) is 3. The van der Waals surface area contributed by atoms with Crippen molar-refractivity contribution >= 4 is 93.5 Å². The second-order valence-electron chi connectivity index (χ2n) is 16.0. The molecular formula is C58H36N2O2. The van der Waals surface area contributed by atoms with E-state index in [-0.39, 0.29) is 0 Å². The van der Waals surface area contributed by atoms with Gasteiger partial charge in [-0.1, -0.05) is 146 Å². The van der Waals surface area contributed by atoms with Crippen LogP contribution in [0.3, 0.4) is 0 Å². The van der Waals surface area contributed by atoms with Gasteiger partial charge in [-0.25, -0.2) is 0 Å². The number of benzene rings is 10. The van der Waals surface area contributed by atoms with Crippen LogP contribution in [0.4, 0.5) is 17.1 Å². The largest absolute Gasteiger partial charge is 0.456 e. The van der Waals surface area contributed by atoms with Crippen LogP contribution in [0.5, 0.6) is 0 Å². The van der Waals surface area contributed by atoms with Crippen molar-refractivity contribution in [3.63, 3.8) is 0 Å². The van der Waals surface area contributed by atoms with Crippen molar-refractivity contribution in [2.45, 2.75) is 0 Å². The normalized spacial score (nSPS) is 11.9. The molecule has 0 spiro atoms. The smallest absolute Gasteiger partial charge is 0.136 e. The monoisotopic (exact) mass is 792 g/mol. The number of nitrogens with zero attached hydrogens (tertiary/aromatic N) is 2. The Morgan fingerprint density at radius 3 is 1.63 bits per heavy atom. The summed E-state index contributed by atoms with van der Waals surface area (Å²) in [6, 6.07) is 78.1. The van der Waals surface area contributed by atoms with Crippen molar-refractivity contribution in [2.75, 3.05) is 4.90 Å². The summed E-state index contributed by atoms with van der Waals surface area (Å²) in [6.07, 6.45) is 0. The van der Waals surface area contributed by atoms with Crippen molar-refractivity contribution in [3.05, 3.63) is 218 Å². The van der Waals surface area contributed by atoms with Gasteiger partial charge in [0.1, 0.15) is 22.3 Å². The highest BCUT2D eigenvalue weighted by molar-refractivity contribution is 6.17. The second-order valence-corrected chi connectivity index (χ2v) is 16.0. The van der Waals surface area contributed by atoms with Gasteiger partial charge in [-0.05, 0) is 100 Å². The van der Waals surface area contributed by atoms with E-state index in [9.17, 15) is 0 Å². The molecule has 4 heteroatoms. The summed E-state index contributed by atoms with van der Waals surface area (Å²) >= 11 is 0. The molecule has 0 amide bonds. The third kappa shape index (κ3) is 5.20. The molecule has 0 aliphatic heterocycles. The van der Waals surface area contributed by atoms with Crippen molar-refractivity contribution in [2.24, 2.45) is 0 Å². The van der Waals surface area contributed by atoms with Gasteiger partial charge in [0.15, 0.2) is 0 Å². The van der Waals surface area contributed by atoms with Gasteiger partial charge >= 0.3 is 0 Å². The number of rotatable bonds is 6. The quantitative estimate of drug-likeness (QED) is 0.168. The molecule has 0 atom stereocenters. The Balaban J connectivity index is 1.07.